The Labute approximate surface area is 163 Å². The number of anilines is 1. The summed E-state index contributed by atoms with van der Waals surface area (Å²) in [5, 5.41) is 0.547. The van der Waals surface area contributed by atoms with E-state index in [4.69, 9.17) is 4.42 Å². The first-order valence-electron chi connectivity index (χ1n) is 10.0. The molecule has 2 aromatic heterocycles. The first-order valence-corrected chi connectivity index (χ1v) is 10.0. The van der Waals surface area contributed by atoms with Crippen molar-refractivity contribution >= 4 is 16.7 Å². The number of pyridine rings is 1. The van der Waals surface area contributed by atoms with Gasteiger partial charge in [-0.05, 0) is 49.4 Å². The zero-order chi connectivity index (χ0) is 19.1. The maximum absolute atomic E-state index is 12.6. The minimum atomic E-state index is -0.345. The quantitative estimate of drug-likeness (QED) is 0.697. The summed E-state index contributed by atoms with van der Waals surface area (Å²) in [6.45, 7) is 7.06. The second kappa shape index (κ2) is 7.02. The molecular formula is C22H24N4O2. The van der Waals surface area contributed by atoms with Gasteiger partial charge in [-0.25, -0.2) is 14.8 Å². The third kappa shape index (κ3) is 3.29. The maximum atomic E-state index is 12.6. The van der Waals surface area contributed by atoms with Crippen LogP contribution in [-0.4, -0.2) is 47.6 Å². The Morgan fingerprint density at radius 2 is 1.93 bits per heavy atom. The molecule has 0 N–H and O–H groups in total. The number of hydrogen-bond donors (Lipinski definition) is 0. The number of aryl methyl sites for hydroxylation is 1. The molecule has 0 unspecified atom stereocenters. The van der Waals surface area contributed by atoms with Crippen LogP contribution >= 0.6 is 0 Å². The standard InChI is InChI=1S/C22H24N4O2/c1-15-4-2-6-18-19(15)22(27)28-21(24-18)17-5-3-9-23-20(17)26-12-10-25(11-13-26)14-16-7-8-16/h2-6,9,16H,7-8,10-14H2,1H3. The third-order valence-corrected chi connectivity index (χ3v) is 5.77. The van der Waals surface area contributed by atoms with Gasteiger partial charge < -0.3 is 9.32 Å². The molecule has 144 valence electrons. The lowest BCUT2D eigenvalue weighted by atomic mass is 10.1. The van der Waals surface area contributed by atoms with Crippen LogP contribution in [0.2, 0.25) is 0 Å². The number of benzene rings is 1. The van der Waals surface area contributed by atoms with Crippen molar-refractivity contribution in [1.29, 1.82) is 0 Å². The molecule has 6 nitrogen and oxygen atoms in total. The van der Waals surface area contributed by atoms with E-state index in [1.165, 1.54) is 19.4 Å². The number of fused-ring (bicyclic) bond motifs is 1. The predicted molar refractivity (Wildman–Crippen MR) is 110 cm³/mol. The van der Waals surface area contributed by atoms with Crippen LogP contribution in [0.3, 0.4) is 0 Å². The first-order chi connectivity index (χ1) is 13.7. The van der Waals surface area contributed by atoms with Gasteiger partial charge in [-0.2, -0.15) is 0 Å². The van der Waals surface area contributed by atoms with Crippen molar-refractivity contribution in [2.75, 3.05) is 37.6 Å². The summed E-state index contributed by atoms with van der Waals surface area (Å²) in [4.78, 5) is 26.7. The molecule has 3 aromatic rings. The highest BCUT2D eigenvalue weighted by atomic mass is 16.4. The minimum Gasteiger partial charge on any atom is -0.403 e. The Balaban J connectivity index is 1.47. The van der Waals surface area contributed by atoms with E-state index in [1.807, 2.05) is 37.3 Å². The molecule has 0 bridgehead atoms. The van der Waals surface area contributed by atoms with E-state index in [1.54, 1.807) is 6.20 Å². The SMILES string of the molecule is Cc1cccc2nc(-c3cccnc3N3CCN(CC4CC4)CC3)oc(=O)c12. The summed E-state index contributed by atoms with van der Waals surface area (Å²) in [6, 6.07) is 9.47. The van der Waals surface area contributed by atoms with Crippen molar-refractivity contribution < 1.29 is 4.42 Å². The van der Waals surface area contributed by atoms with Gasteiger partial charge in [0.2, 0.25) is 5.89 Å². The molecule has 1 aliphatic carbocycles. The van der Waals surface area contributed by atoms with E-state index in [-0.39, 0.29) is 5.63 Å². The maximum Gasteiger partial charge on any atom is 0.347 e. The van der Waals surface area contributed by atoms with Crippen LogP contribution in [0.1, 0.15) is 18.4 Å². The van der Waals surface area contributed by atoms with Crippen molar-refractivity contribution in [3.63, 3.8) is 0 Å². The van der Waals surface area contributed by atoms with Crippen molar-refractivity contribution in [3.05, 3.63) is 52.5 Å². The van der Waals surface area contributed by atoms with Gasteiger partial charge >= 0.3 is 5.63 Å². The number of nitrogens with zero attached hydrogens (tertiary/aromatic N) is 4. The van der Waals surface area contributed by atoms with Gasteiger partial charge in [-0.15, -0.1) is 0 Å². The Bertz CT molecular complexity index is 1070. The highest BCUT2D eigenvalue weighted by Crippen LogP contribution is 2.31. The van der Waals surface area contributed by atoms with E-state index in [0.717, 1.165) is 49.0 Å². The van der Waals surface area contributed by atoms with E-state index in [9.17, 15) is 4.79 Å². The number of rotatable bonds is 4. The van der Waals surface area contributed by atoms with Crippen LogP contribution in [0.5, 0.6) is 0 Å². The molecule has 2 aliphatic rings. The molecule has 0 atom stereocenters. The average Bonchev–Trinajstić information content (AvgIpc) is 3.52. The molecule has 3 heterocycles. The number of piperazine rings is 1. The molecule has 1 saturated heterocycles. The van der Waals surface area contributed by atoms with E-state index in [0.29, 0.717) is 16.8 Å². The number of hydrogen-bond acceptors (Lipinski definition) is 6. The Morgan fingerprint density at radius 3 is 2.71 bits per heavy atom. The zero-order valence-electron chi connectivity index (χ0n) is 16.1. The summed E-state index contributed by atoms with van der Waals surface area (Å²) in [5.41, 5.74) is 1.97. The van der Waals surface area contributed by atoms with Crippen LogP contribution in [0.15, 0.2) is 45.7 Å². The monoisotopic (exact) mass is 376 g/mol. The van der Waals surface area contributed by atoms with Crippen molar-refractivity contribution in [2.24, 2.45) is 5.92 Å². The lowest BCUT2D eigenvalue weighted by Crippen LogP contribution is -2.47. The number of aromatic nitrogens is 2. The van der Waals surface area contributed by atoms with Crippen molar-refractivity contribution in [3.8, 4) is 11.5 Å². The third-order valence-electron chi connectivity index (χ3n) is 5.77. The van der Waals surface area contributed by atoms with Gasteiger partial charge in [0, 0.05) is 38.9 Å². The molecule has 1 aromatic carbocycles. The van der Waals surface area contributed by atoms with Gasteiger partial charge in [0.25, 0.3) is 0 Å². The summed E-state index contributed by atoms with van der Waals surface area (Å²) >= 11 is 0. The van der Waals surface area contributed by atoms with E-state index < -0.39 is 0 Å². The van der Waals surface area contributed by atoms with Crippen molar-refractivity contribution in [1.82, 2.24) is 14.9 Å². The van der Waals surface area contributed by atoms with Crippen LogP contribution in [0, 0.1) is 12.8 Å². The molecule has 0 amide bonds. The Morgan fingerprint density at radius 1 is 1.11 bits per heavy atom. The molecule has 5 rings (SSSR count). The van der Waals surface area contributed by atoms with E-state index >= 15 is 0 Å². The average molecular weight is 376 g/mol. The highest BCUT2D eigenvalue weighted by Gasteiger charge is 2.27. The molecular weight excluding hydrogens is 352 g/mol. The van der Waals surface area contributed by atoms with Crippen molar-refractivity contribution in [2.45, 2.75) is 19.8 Å². The van der Waals surface area contributed by atoms with Crippen LogP contribution in [0.25, 0.3) is 22.4 Å². The van der Waals surface area contributed by atoms with Gasteiger partial charge in [-0.3, -0.25) is 4.90 Å². The molecule has 2 fully saturated rings. The first kappa shape index (κ1) is 17.4. The topological polar surface area (TPSA) is 62.5 Å². The molecule has 28 heavy (non-hydrogen) atoms. The lowest BCUT2D eigenvalue weighted by molar-refractivity contribution is 0.247. The fraction of sp³-hybridized carbons (Fsp3) is 0.409. The zero-order valence-corrected chi connectivity index (χ0v) is 16.1. The Hall–Kier alpha value is -2.73. The Kier molecular flexibility index (Phi) is 4.36. The fourth-order valence-electron chi connectivity index (χ4n) is 4.02. The second-order valence-corrected chi connectivity index (χ2v) is 7.88. The summed E-state index contributed by atoms with van der Waals surface area (Å²) in [5.74, 6) is 2.10. The molecule has 0 radical (unpaired) electrons. The molecule has 6 heteroatoms. The smallest absolute Gasteiger partial charge is 0.347 e. The molecule has 1 aliphatic heterocycles. The summed E-state index contributed by atoms with van der Waals surface area (Å²) in [7, 11) is 0. The predicted octanol–water partition coefficient (Wildman–Crippen LogP) is 3.09. The van der Waals surface area contributed by atoms with Crippen LogP contribution in [-0.2, 0) is 0 Å². The normalized spacial score (nSPS) is 18.0. The molecule has 1 saturated carbocycles. The van der Waals surface area contributed by atoms with Gasteiger partial charge in [0.15, 0.2) is 0 Å². The van der Waals surface area contributed by atoms with Gasteiger partial charge in [-0.1, -0.05) is 12.1 Å². The van der Waals surface area contributed by atoms with Gasteiger partial charge in [0.1, 0.15) is 5.82 Å². The summed E-state index contributed by atoms with van der Waals surface area (Å²) < 4.78 is 5.63. The second-order valence-electron chi connectivity index (χ2n) is 7.88. The minimum absolute atomic E-state index is 0.339. The summed E-state index contributed by atoms with van der Waals surface area (Å²) in [6.07, 6.45) is 4.56. The molecule has 0 spiro atoms. The van der Waals surface area contributed by atoms with E-state index in [2.05, 4.69) is 19.8 Å². The lowest BCUT2D eigenvalue weighted by Gasteiger charge is -2.36. The largest absolute Gasteiger partial charge is 0.403 e. The highest BCUT2D eigenvalue weighted by molar-refractivity contribution is 5.82. The fourth-order valence-corrected chi connectivity index (χ4v) is 4.02. The van der Waals surface area contributed by atoms with Gasteiger partial charge in [0.05, 0.1) is 16.5 Å². The van der Waals surface area contributed by atoms with Crippen LogP contribution in [0.4, 0.5) is 5.82 Å². The van der Waals surface area contributed by atoms with Crippen LogP contribution < -0.4 is 10.5 Å².